The molecule has 0 aromatic carbocycles. The number of fused-ring (bicyclic) bond motifs is 1. The Hall–Kier alpha value is -2.18. The number of amides is 1. The molecule has 18 heavy (non-hydrogen) atoms. The molecular formula is C11H16N6O. The van der Waals surface area contributed by atoms with Crippen LogP contribution >= 0.6 is 0 Å². The second kappa shape index (κ2) is 4.59. The summed E-state index contributed by atoms with van der Waals surface area (Å²) in [6.07, 6.45) is 3.19. The second-order valence-corrected chi connectivity index (χ2v) is 4.35. The van der Waals surface area contributed by atoms with Crippen molar-refractivity contribution in [1.82, 2.24) is 24.6 Å². The summed E-state index contributed by atoms with van der Waals surface area (Å²) < 4.78 is 1.68. The molecule has 0 bridgehead atoms. The van der Waals surface area contributed by atoms with E-state index in [0.717, 1.165) is 11.0 Å². The SMILES string of the molecule is CN(C)C(=O)CN(C)c1ncnc2c1cnn2C. The van der Waals surface area contributed by atoms with Gasteiger partial charge in [0.15, 0.2) is 5.65 Å². The minimum atomic E-state index is 0.0214. The standard InChI is InChI=1S/C11H16N6O/c1-15(2)9(18)6-16(3)10-8-5-14-17(4)11(8)13-7-12-10/h5,7H,6H2,1-4H3. The van der Waals surface area contributed by atoms with Crippen LogP contribution in [0.2, 0.25) is 0 Å². The van der Waals surface area contributed by atoms with E-state index in [1.165, 1.54) is 6.33 Å². The van der Waals surface area contributed by atoms with E-state index in [1.807, 2.05) is 14.1 Å². The Kier molecular flexibility index (Phi) is 3.14. The number of aromatic nitrogens is 4. The number of likely N-dealkylation sites (N-methyl/N-ethyl adjacent to an activating group) is 2. The lowest BCUT2D eigenvalue weighted by Gasteiger charge is -2.20. The maximum Gasteiger partial charge on any atom is 0.241 e. The molecule has 0 aliphatic heterocycles. The minimum Gasteiger partial charge on any atom is -0.350 e. The summed E-state index contributed by atoms with van der Waals surface area (Å²) in [6.45, 7) is 0.272. The van der Waals surface area contributed by atoms with Crippen molar-refractivity contribution in [3.05, 3.63) is 12.5 Å². The van der Waals surface area contributed by atoms with Gasteiger partial charge in [-0.05, 0) is 0 Å². The minimum absolute atomic E-state index is 0.0214. The summed E-state index contributed by atoms with van der Waals surface area (Å²) in [5.41, 5.74) is 0.754. The van der Waals surface area contributed by atoms with Crippen molar-refractivity contribution < 1.29 is 4.79 Å². The largest absolute Gasteiger partial charge is 0.350 e. The normalized spacial score (nSPS) is 10.7. The zero-order chi connectivity index (χ0) is 13.3. The highest BCUT2D eigenvalue weighted by Gasteiger charge is 2.14. The molecule has 2 aromatic heterocycles. The van der Waals surface area contributed by atoms with Crippen molar-refractivity contribution in [2.45, 2.75) is 0 Å². The van der Waals surface area contributed by atoms with Crippen LogP contribution in [0.1, 0.15) is 0 Å². The third kappa shape index (κ3) is 2.11. The number of aryl methyl sites for hydroxylation is 1. The average molecular weight is 248 g/mol. The van der Waals surface area contributed by atoms with Gasteiger partial charge >= 0.3 is 0 Å². The van der Waals surface area contributed by atoms with Crippen LogP contribution in [0.15, 0.2) is 12.5 Å². The van der Waals surface area contributed by atoms with E-state index < -0.39 is 0 Å². The van der Waals surface area contributed by atoms with Crippen LogP contribution < -0.4 is 4.90 Å². The van der Waals surface area contributed by atoms with Gasteiger partial charge in [0.2, 0.25) is 5.91 Å². The monoisotopic (exact) mass is 248 g/mol. The lowest BCUT2D eigenvalue weighted by Crippen LogP contribution is -2.34. The number of carbonyl (C=O) groups excluding carboxylic acids is 1. The van der Waals surface area contributed by atoms with E-state index in [1.54, 1.807) is 34.8 Å². The number of carbonyl (C=O) groups is 1. The van der Waals surface area contributed by atoms with Crippen LogP contribution in [0.5, 0.6) is 0 Å². The van der Waals surface area contributed by atoms with Gasteiger partial charge in [-0.3, -0.25) is 9.48 Å². The third-order valence-corrected chi connectivity index (χ3v) is 2.74. The Labute approximate surface area is 105 Å². The van der Waals surface area contributed by atoms with E-state index in [2.05, 4.69) is 15.1 Å². The van der Waals surface area contributed by atoms with E-state index in [0.29, 0.717) is 5.82 Å². The Morgan fingerprint density at radius 3 is 2.72 bits per heavy atom. The fraction of sp³-hybridized carbons (Fsp3) is 0.455. The number of rotatable bonds is 3. The highest BCUT2D eigenvalue weighted by molar-refractivity contribution is 5.89. The molecule has 0 aliphatic rings. The van der Waals surface area contributed by atoms with Gasteiger partial charge in [0, 0.05) is 28.2 Å². The first kappa shape index (κ1) is 12.3. The maximum absolute atomic E-state index is 11.7. The molecule has 0 fully saturated rings. The lowest BCUT2D eigenvalue weighted by molar-refractivity contribution is -0.127. The predicted molar refractivity (Wildman–Crippen MR) is 68.3 cm³/mol. The summed E-state index contributed by atoms with van der Waals surface area (Å²) in [7, 11) is 7.12. The molecule has 2 heterocycles. The molecule has 0 radical (unpaired) electrons. The summed E-state index contributed by atoms with van der Waals surface area (Å²) in [5, 5.41) is 4.99. The maximum atomic E-state index is 11.7. The molecule has 2 aromatic rings. The molecule has 0 unspecified atom stereocenters. The quantitative estimate of drug-likeness (QED) is 0.758. The molecule has 0 saturated carbocycles. The van der Waals surface area contributed by atoms with Crippen molar-refractivity contribution in [1.29, 1.82) is 0 Å². The van der Waals surface area contributed by atoms with Crippen molar-refractivity contribution in [2.75, 3.05) is 32.6 Å². The zero-order valence-electron chi connectivity index (χ0n) is 11.0. The molecule has 1 amide bonds. The summed E-state index contributed by atoms with van der Waals surface area (Å²) >= 11 is 0. The summed E-state index contributed by atoms with van der Waals surface area (Å²) in [5.74, 6) is 0.733. The molecule has 2 rings (SSSR count). The van der Waals surface area contributed by atoms with E-state index in [9.17, 15) is 4.79 Å². The second-order valence-electron chi connectivity index (χ2n) is 4.35. The average Bonchev–Trinajstić information content (AvgIpc) is 2.71. The van der Waals surface area contributed by atoms with E-state index in [4.69, 9.17) is 0 Å². The molecular weight excluding hydrogens is 232 g/mol. The van der Waals surface area contributed by atoms with Gasteiger partial charge in [0.1, 0.15) is 12.1 Å². The first-order valence-electron chi connectivity index (χ1n) is 5.54. The molecule has 0 saturated heterocycles. The Balaban J connectivity index is 2.33. The van der Waals surface area contributed by atoms with Crippen molar-refractivity contribution in [3.63, 3.8) is 0 Å². The Bertz CT molecular complexity index is 576. The highest BCUT2D eigenvalue weighted by Crippen LogP contribution is 2.20. The van der Waals surface area contributed by atoms with Gasteiger partial charge in [-0.2, -0.15) is 5.10 Å². The number of anilines is 1. The third-order valence-electron chi connectivity index (χ3n) is 2.74. The molecule has 0 N–H and O–H groups in total. The predicted octanol–water partition coefficient (Wildman–Crippen LogP) is -0.112. The van der Waals surface area contributed by atoms with Crippen molar-refractivity contribution >= 4 is 22.8 Å². The molecule has 0 atom stereocenters. The fourth-order valence-corrected chi connectivity index (χ4v) is 1.67. The van der Waals surface area contributed by atoms with Gasteiger partial charge in [-0.1, -0.05) is 0 Å². The Morgan fingerprint density at radius 1 is 1.33 bits per heavy atom. The molecule has 0 spiro atoms. The molecule has 96 valence electrons. The summed E-state index contributed by atoms with van der Waals surface area (Å²) in [4.78, 5) is 23.4. The first-order valence-corrected chi connectivity index (χ1v) is 5.54. The van der Waals surface area contributed by atoms with Crippen LogP contribution in [-0.2, 0) is 11.8 Å². The number of nitrogens with zero attached hydrogens (tertiary/aromatic N) is 6. The topological polar surface area (TPSA) is 67.2 Å². The van der Waals surface area contributed by atoms with Crippen LogP contribution in [-0.4, -0.2) is 58.2 Å². The molecule has 7 nitrogen and oxygen atoms in total. The smallest absolute Gasteiger partial charge is 0.241 e. The Morgan fingerprint density at radius 2 is 2.06 bits per heavy atom. The van der Waals surface area contributed by atoms with Crippen molar-refractivity contribution in [2.24, 2.45) is 7.05 Å². The van der Waals surface area contributed by atoms with Crippen LogP contribution in [0, 0.1) is 0 Å². The van der Waals surface area contributed by atoms with Gasteiger partial charge < -0.3 is 9.80 Å². The van der Waals surface area contributed by atoms with Crippen molar-refractivity contribution in [3.8, 4) is 0 Å². The van der Waals surface area contributed by atoms with E-state index >= 15 is 0 Å². The molecule has 0 aliphatic carbocycles. The zero-order valence-corrected chi connectivity index (χ0v) is 11.0. The van der Waals surface area contributed by atoms with Gasteiger partial charge in [0.05, 0.1) is 18.1 Å². The number of hydrogen-bond acceptors (Lipinski definition) is 5. The first-order chi connectivity index (χ1) is 8.50. The van der Waals surface area contributed by atoms with Crippen LogP contribution in [0.4, 0.5) is 5.82 Å². The fourth-order valence-electron chi connectivity index (χ4n) is 1.67. The van der Waals surface area contributed by atoms with E-state index in [-0.39, 0.29) is 12.5 Å². The number of hydrogen-bond donors (Lipinski definition) is 0. The van der Waals surface area contributed by atoms with Gasteiger partial charge in [-0.25, -0.2) is 9.97 Å². The highest BCUT2D eigenvalue weighted by atomic mass is 16.2. The van der Waals surface area contributed by atoms with Gasteiger partial charge in [0.25, 0.3) is 0 Å². The summed E-state index contributed by atoms with van der Waals surface area (Å²) in [6, 6.07) is 0. The molecule has 7 heteroatoms. The lowest BCUT2D eigenvalue weighted by atomic mass is 10.3. The van der Waals surface area contributed by atoms with Crippen LogP contribution in [0.25, 0.3) is 11.0 Å². The van der Waals surface area contributed by atoms with Gasteiger partial charge in [-0.15, -0.1) is 0 Å². The van der Waals surface area contributed by atoms with Crippen LogP contribution in [0.3, 0.4) is 0 Å².